The van der Waals surface area contributed by atoms with Crippen molar-refractivity contribution < 1.29 is 14.3 Å². The summed E-state index contributed by atoms with van der Waals surface area (Å²) in [5, 5.41) is 10.5. The average Bonchev–Trinajstić information content (AvgIpc) is 2.74. The van der Waals surface area contributed by atoms with Crippen molar-refractivity contribution in [3.8, 4) is 6.07 Å². The Kier molecular flexibility index (Phi) is 5.57. The second kappa shape index (κ2) is 6.95. The summed E-state index contributed by atoms with van der Waals surface area (Å²) >= 11 is 0. The monoisotopic (exact) mass is 268 g/mol. The molecule has 0 aliphatic carbocycles. The maximum atomic E-state index is 12.0. The zero-order valence-corrected chi connectivity index (χ0v) is 11.3. The van der Waals surface area contributed by atoms with Crippen LogP contribution < -0.4 is 11.2 Å². The second-order valence-electron chi connectivity index (χ2n) is 5.01. The molecule has 7 heteroatoms. The van der Waals surface area contributed by atoms with Crippen molar-refractivity contribution in [3.05, 3.63) is 0 Å². The number of rotatable bonds is 5. The van der Waals surface area contributed by atoms with Crippen LogP contribution in [-0.4, -0.2) is 35.7 Å². The maximum Gasteiger partial charge on any atom is 0.405 e. The molecule has 7 nitrogen and oxygen atoms in total. The number of amides is 2. The highest BCUT2D eigenvalue weighted by atomic mass is 16.6. The molecule has 106 valence electrons. The summed E-state index contributed by atoms with van der Waals surface area (Å²) in [7, 11) is 0. The molecule has 3 N–H and O–H groups in total. The summed E-state index contributed by atoms with van der Waals surface area (Å²) in [6.45, 7) is 4.45. The van der Waals surface area contributed by atoms with Gasteiger partial charge >= 0.3 is 6.09 Å². The van der Waals surface area contributed by atoms with Gasteiger partial charge in [-0.15, -0.1) is 0 Å². The number of nitrogens with one attached hydrogen (secondary N) is 1. The normalized spacial score (nSPS) is 20.8. The Morgan fingerprint density at radius 1 is 1.58 bits per heavy atom. The first kappa shape index (κ1) is 15.2. The fourth-order valence-electron chi connectivity index (χ4n) is 2.03. The third-order valence-corrected chi connectivity index (χ3v) is 2.89. The first-order valence-electron chi connectivity index (χ1n) is 6.37. The summed E-state index contributed by atoms with van der Waals surface area (Å²) < 4.78 is 4.82. The van der Waals surface area contributed by atoms with Gasteiger partial charge in [-0.25, -0.2) is 9.80 Å². The van der Waals surface area contributed by atoms with E-state index in [1.807, 2.05) is 13.8 Å². The van der Waals surface area contributed by atoms with E-state index >= 15 is 0 Å². The number of primary amides is 1. The molecule has 1 aliphatic heterocycles. The van der Waals surface area contributed by atoms with E-state index in [1.54, 1.807) is 5.01 Å². The molecule has 0 aromatic carbocycles. The predicted octanol–water partition coefficient (Wildman–Crippen LogP) is 0.516. The van der Waals surface area contributed by atoms with Crippen LogP contribution in [0.4, 0.5) is 4.79 Å². The number of carbonyl (C=O) groups excluding carboxylic acids is 2. The van der Waals surface area contributed by atoms with E-state index in [9.17, 15) is 9.59 Å². The molecule has 0 aromatic rings. The number of nitriles is 1. The Morgan fingerprint density at radius 3 is 2.79 bits per heavy atom. The minimum Gasteiger partial charge on any atom is -0.436 e. The SMILES string of the molecule is CC(C)C[C@@H](OC(N)=O)C(=O)NN1CCC[C@H]1C#N. The largest absolute Gasteiger partial charge is 0.436 e. The molecule has 0 saturated carbocycles. The van der Waals surface area contributed by atoms with Crippen LogP contribution in [0.15, 0.2) is 0 Å². The second-order valence-corrected chi connectivity index (χ2v) is 5.01. The van der Waals surface area contributed by atoms with Crippen LogP contribution in [0.25, 0.3) is 0 Å². The van der Waals surface area contributed by atoms with Crippen LogP contribution in [-0.2, 0) is 9.53 Å². The number of hydrogen-bond acceptors (Lipinski definition) is 5. The van der Waals surface area contributed by atoms with Crippen LogP contribution in [0.3, 0.4) is 0 Å². The molecule has 1 aliphatic rings. The van der Waals surface area contributed by atoms with Crippen LogP contribution >= 0.6 is 0 Å². The van der Waals surface area contributed by atoms with Crippen molar-refractivity contribution in [2.24, 2.45) is 11.7 Å². The summed E-state index contributed by atoms with van der Waals surface area (Å²) in [6.07, 6.45) is 0.0723. The van der Waals surface area contributed by atoms with E-state index in [1.165, 1.54) is 0 Å². The Hall–Kier alpha value is -1.81. The van der Waals surface area contributed by atoms with Crippen molar-refractivity contribution in [2.45, 2.75) is 45.3 Å². The van der Waals surface area contributed by atoms with Crippen LogP contribution in [0.2, 0.25) is 0 Å². The number of hydrogen-bond donors (Lipinski definition) is 2. The molecule has 1 saturated heterocycles. The number of nitrogens with two attached hydrogens (primary N) is 1. The topological polar surface area (TPSA) is 108 Å². The Bertz CT molecular complexity index is 378. The first-order chi connectivity index (χ1) is 8.93. The van der Waals surface area contributed by atoms with Gasteiger partial charge in [-0.05, 0) is 25.2 Å². The molecular formula is C12H20N4O3. The van der Waals surface area contributed by atoms with Gasteiger partial charge in [0.15, 0.2) is 6.10 Å². The minimum atomic E-state index is -0.973. The van der Waals surface area contributed by atoms with Gasteiger partial charge in [-0.3, -0.25) is 10.2 Å². The molecule has 0 aromatic heterocycles. The lowest BCUT2D eigenvalue weighted by Gasteiger charge is -2.24. The molecule has 1 rings (SSSR count). The number of nitrogens with zero attached hydrogens (tertiary/aromatic N) is 2. The molecule has 0 unspecified atom stereocenters. The van der Waals surface area contributed by atoms with Crippen LogP contribution in [0.1, 0.15) is 33.1 Å². The van der Waals surface area contributed by atoms with Crippen molar-refractivity contribution in [1.82, 2.24) is 10.4 Å². The quantitative estimate of drug-likeness (QED) is 0.755. The zero-order valence-electron chi connectivity index (χ0n) is 11.3. The summed E-state index contributed by atoms with van der Waals surface area (Å²) in [4.78, 5) is 22.8. The molecule has 1 fully saturated rings. The van der Waals surface area contributed by atoms with Gasteiger partial charge < -0.3 is 10.5 Å². The fourth-order valence-corrected chi connectivity index (χ4v) is 2.03. The van der Waals surface area contributed by atoms with E-state index < -0.39 is 18.1 Å². The lowest BCUT2D eigenvalue weighted by molar-refractivity contribution is -0.135. The summed E-state index contributed by atoms with van der Waals surface area (Å²) in [5.74, 6) is -0.255. The van der Waals surface area contributed by atoms with Gasteiger partial charge in [0, 0.05) is 6.54 Å². The highest BCUT2D eigenvalue weighted by Crippen LogP contribution is 2.15. The van der Waals surface area contributed by atoms with Crippen LogP contribution in [0, 0.1) is 17.2 Å². The summed E-state index contributed by atoms with van der Waals surface area (Å²) in [6, 6.07) is 1.80. The summed E-state index contributed by atoms with van der Waals surface area (Å²) in [5.41, 5.74) is 7.59. The minimum absolute atomic E-state index is 0.181. The van der Waals surface area contributed by atoms with E-state index in [2.05, 4.69) is 11.5 Å². The van der Waals surface area contributed by atoms with Crippen LogP contribution in [0.5, 0.6) is 0 Å². The van der Waals surface area contributed by atoms with Crippen molar-refractivity contribution >= 4 is 12.0 Å². The molecular weight excluding hydrogens is 248 g/mol. The predicted molar refractivity (Wildman–Crippen MR) is 67.4 cm³/mol. The first-order valence-corrected chi connectivity index (χ1v) is 6.37. The van der Waals surface area contributed by atoms with E-state index in [4.69, 9.17) is 15.7 Å². The standard InChI is InChI=1S/C12H20N4O3/c1-8(2)6-10(19-12(14)18)11(17)15-16-5-3-4-9(16)7-13/h8-10H,3-6H2,1-2H3,(H2,14,18)(H,15,17)/t9-,10+/m0/s1. The lowest BCUT2D eigenvalue weighted by Crippen LogP contribution is -2.50. The van der Waals surface area contributed by atoms with Crippen molar-refractivity contribution in [1.29, 1.82) is 5.26 Å². The third kappa shape index (κ3) is 4.75. The smallest absolute Gasteiger partial charge is 0.405 e. The van der Waals surface area contributed by atoms with Gasteiger partial charge in [-0.2, -0.15) is 5.26 Å². The molecule has 19 heavy (non-hydrogen) atoms. The third-order valence-electron chi connectivity index (χ3n) is 2.89. The van der Waals surface area contributed by atoms with Crippen molar-refractivity contribution in [2.75, 3.05) is 6.54 Å². The van der Waals surface area contributed by atoms with Gasteiger partial charge in [0.05, 0.1) is 6.07 Å². The fraction of sp³-hybridized carbons (Fsp3) is 0.750. The molecule has 0 spiro atoms. The van der Waals surface area contributed by atoms with Crippen molar-refractivity contribution in [3.63, 3.8) is 0 Å². The number of hydrazine groups is 1. The highest BCUT2D eigenvalue weighted by Gasteiger charge is 2.30. The van der Waals surface area contributed by atoms with Gasteiger partial charge in [-0.1, -0.05) is 13.8 Å². The van der Waals surface area contributed by atoms with Gasteiger partial charge in [0.2, 0.25) is 0 Å². The molecule has 0 radical (unpaired) electrons. The van der Waals surface area contributed by atoms with Gasteiger partial charge in [0.1, 0.15) is 6.04 Å². The lowest BCUT2D eigenvalue weighted by atomic mass is 10.1. The molecule has 2 amide bonds. The number of ether oxygens (including phenoxy) is 1. The molecule has 2 atom stereocenters. The maximum absolute atomic E-state index is 12.0. The Labute approximate surface area is 112 Å². The molecule has 0 bridgehead atoms. The zero-order chi connectivity index (χ0) is 14.4. The number of carbonyl (C=O) groups is 2. The van der Waals surface area contributed by atoms with Gasteiger partial charge in [0.25, 0.3) is 5.91 Å². The van der Waals surface area contributed by atoms with E-state index in [0.717, 1.165) is 12.8 Å². The Balaban J connectivity index is 2.60. The molecule has 1 heterocycles. The van der Waals surface area contributed by atoms with E-state index in [-0.39, 0.29) is 12.0 Å². The average molecular weight is 268 g/mol. The Morgan fingerprint density at radius 2 is 2.26 bits per heavy atom. The highest BCUT2D eigenvalue weighted by molar-refractivity contribution is 5.82. The van der Waals surface area contributed by atoms with E-state index in [0.29, 0.717) is 13.0 Å².